The van der Waals surface area contributed by atoms with Crippen LogP contribution in [0.1, 0.15) is 36.0 Å². The van der Waals surface area contributed by atoms with Crippen molar-refractivity contribution in [1.29, 1.82) is 0 Å². The maximum atomic E-state index is 9.26. The molecule has 0 fully saturated rings. The summed E-state index contributed by atoms with van der Waals surface area (Å²) < 4.78 is 36.1. The predicted octanol–water partition coefficient (Wildman–Crippen LogP) is 15.6. The van der Waals surface area contributed by atoms with Crippen LogP contribution in [0.2, 0.25) is 0 Å². The first-order chi connectivity index (χ1) is 32.5. The van der Waals surface area contributed by atoms with Gasteiger partial charge >= 0.3 is 0 Å². The van der Waals surface area contributed by atoms with E-state index in [4.69, 9.17) is 12.5 Å². The molecule has 0 saturated heterocycles. The predicted molar refractivity (Wildman–Crippen MR) is 264 cm³/mol. The van der Waals surface area contributed by atoms with E-state index in [1.807, 2.05) is 96.6 Å². The second-order valence-electron chi connectivity index (χ2n) is 17.2. The van der Waals surface area contributed by atoms with Crippen molar-refractivity contribution in [2.75, 3.05) is 9.80 Å². The van der Waals surface area contributed by atoms with Crippen molar-refractivity contribution in [2.45, 2.75) is 33.1 Å². The van der Waals surface area contributed by atoms with Crippen LogP contribution in [0, 0.1) is 25.7 Å². The van der Waals surface area contributed by atoms with Crippen LogP contribution in [0.5, 0.6) is 11.5 Å². The number of nitrogens with zero attached hydrogens (tertiary/aromatic N) is 4. The number of para-hydroxylation sites is 4. The molecule has 8 aromatic carbocycles. The Morgan fingerprint density at radius 3 is 1.91 bits per heavy atom. The second-order valence-corrected chi connectivity index (χ2v) is 17.2. The molecular weight excluding hydrogens is 976 g/mol. The third kappa shape index (κ3) is 7.70. The largest absolute Gasteiger partial charge is 0.509 e. The quantitative estimate of drug-likeness (QED) is 0.142. The molecule has 10 aromatic rings. The minimum Gasteiger partial charge on any atom is -0.509 e. The van der Waals surface area contributed by atoms with Crippen LogP contribution in [0.4, 0.5) is 22.7 Å². The minimum absolute atomic E-state index is 0. The van der Waals surface area contributed by atoms with Gasteiger partial charge in [0.25, 0.3) is 0 Å². The zero-order chi connectivity index (χ0) is 46.0. The SMILES string of the molecule is [2H]c1c(Oc2[c-]c3c(cc2)c2ccccc2n3-c2cc(C)c(-c3ccc(C(C)(C)C)cc3)cn2)[c-]c(N2[CH-]N(c3c(-c4ccccc4)cccc3-c3ccccc3)c3ccccc32)c([2H])c1[2H].[Pt]. The molecule has 0 amide bonds. The van der Waals surface area contributed by atoms with Gasteiger partial charge in [0.1, 0.15) is 5.82 Å². The molecule has 11 rings (SSSR count). The molecule has 320 valence electrons. The van der Waals surface area contributed by atoms with Gasteiger partial charge in [-0.05, 0) is 72.5 Å². The summed E-state index contributed by atoms with van der Waals surface area (Å²) in [6.07, 6.45) is 1.94. The summed E-state index contributed by atoms with van der Waals surface area (Å²) in [5, 5.41) is 2.01. The van der Waals surface area contributed by atoms with Crippen LogP contribution < -0.4 is 14.5 Å². The maximum absolute atomic E-state index is 9.26. The average Bonchev–Trinajstić information content (AvgIpc) is 3.90. The van der Waals surface area contributed by atoms with Gasteiger partial charge in [-0.3, -0.25) is 0 Å². The van der Waals surface area contributed by atoms with Crippen molar-refractivity contribution in [3.63, 3.8) is 0 Å². The Kier molecular flexibility index (Phi) is 10.0. The van der Waals surface area contributed by atoms with Crippen molar-refractivity contribution in [3.8, 4) is 50.7 Å². The van der Waals surface area contributed by atoms with Crippen molar-refractivity contribution >= 4 is 44.6 Å². The Hall–Kier alpha value is -7.20. The standard InChI is InChI=1S/C59H45N4O.Pt/c1-40-35-57(60-38-52(40)43-29-31-44(32-30-43)59(2,3)4)63-53-26-12-11-23-50(53)51-34-33-47(37-56(51)63)64-46-22-15-21-45(36-46)61-39-62(55-28-14-13-27-54(55)61)58-48(41-17-7-5-8-18-41)24-16-25-49(58)42-19-9-6-10-20-42;/h5-35,38-39H,1-4H3;/q-3;/i15D,21D,22D;. The van der Waals surface area contributed by atoms with Crippen LogP contribution in [-0.4, -0.2) is 9.55 Å². The Bertz CT molecular complexity index is 3460. The smallest absolute Gasteiger partial charge is 0.135 e. The van der Waals surface area contributed by atoms with E-state index in [0.717, 1.165) is 83.6 Å². The van der Waals surface area contributed by atoms with E-state index < -0.39 is 0 Å². The third-order valence-corrected chi connectivity index (χ3v) is 12.1. The molecule has 1 aliphatic rings. The Morgan fingerprint density at radius 1 is 0.600 bits per heavy atom. The van der Waals surface area contributed by atoms with E-state index in [9.17, 15) is 1.37 Å². The molecule has 6 heteroatoms. The number of anilines is 4. The van der Waals surface area contributed by atoms with Crippen LogP contribution in [0.3, 0.4) is 0 Å². The topological polar surface area (TPSA) is 33.5 Å². The number of aryl methyl sites for hydroxylation is 1. The molecule has 0 N–H and O–H groups in total. The fourth-order valence-corrected chi connectivity index (χ4v) is 8.86. The van der Waals surface area contributed by atoms with Crippen LogP contribution in [0.25, 0.3) is 61.0 Å². The molecule has 0 bridgehead atoms. The number of benzene rings is 8. The summed E-state index contributed by atoms with van der Waals surface area (Å²) in [6.45, 7) is 10.7. The van der Waals surface area contributed by atoms with Gasteiger partial charge in [0.15, 0.2) is 0 Å². The summed E-state index contributed by atoms with van der Waals surface area (Å²) >= 11 is 0. The fraction of sp³-hybridized carbons (Fsp3) is 0.0847. The van der Waals surface area contributed by atoms with Crippen molar-refractivity contribution in [1.82, 2.24) is 9.55 Å². The van der Waals surface area contributed by atoms with Crippen molar-refractivity contribution in [3.05, 3.63) is 224 Å². The second kappa shape index (κ2) is 17.1. The first-order valence-electron chi connectivity index (χ1n) is 23.0. The van der Waals surface area contributed by atoms with E-state index in [2.05, 4.69) is 140 Å². The molecule has 5 nitrogen and oxygen atoms in total. The molecule has 1 aliphatic heterocycles. The average molecular weight is 1020 g/mol. The van der Waals surface area contributed by atoms with Crippen LogP contribution in [-0.2, 0) is 26.5 Å². The molecule has 0 spiro atoms. The molecule has 0 aliphatic carbocycles. The number of hydrogen-bond donors (Lipinski definition) is 0. The van der Waals surface area contributed by atoms with Gasteiger partial charge in [0.2, 0.25) is 0 Å². The van der Waals surface area contributed by atoms with E-state index in [-0.39, 0.29) is 56.0 Å². The number of fused-ring (bicyclic) bond motifs is 4. The fourth-order valence-electron chi connectivity index (χ4n) is 8.86. The monoisotopic (exact) mass is 1020 g/mol. The normalized spacial score (nSPS) is 13.0. The number of pyridine rings is 1. The summed E-state index contributed by atoms with van der Waals surface area (Å²) in [4.78, 5) is 9.06. The number of rotatable bonds is 8. The maximum Gasteiger partial charge on any atom is 0.135 e. The molecular formula is C59H45N4OPt-3. The Balaban J connectivity index is 0.00000539. The van der Waals surface area contributed by atoms with E-state index in [1.54, 1.807) is 0 Å². The van der Waals surface area contributed by atoms with Gasteiger partial charge < -0.3 is 19.1 Å². The van der Waals surface area contributed by atoms with Gasteiger partial charge in [-0.15, -0.1) is 48.0 Å². The molecule has 0 saturated carbocycles. The van der Waals surface area contributed by atoms with Gasteiger partial charge in [-0.2, -0.15) is 12.1 Å². The van der Waals surface area contributed by atoms with E-state index in [0.29, 0.717) is 5.75 Å². The van der Waals surface area contributed by atoms with Crippen LogP contribution >= 0.6 is 0 Å². The number of aromatic nitrogens is 2. The summed E-state index contributed by atoms with van der Waals surface area (Å²) in [6, 6.07) is 64.1. The first kappa shape index (κ1) is 38.3. The molecule has 2 aromatic heterocycles. The van der Waals surface area contributed by atoms with Gasteiger partial charge in [0.05, 0.1) is 0 Å². The summed E-state index contributed by atoms with van der Waals surface area (Å²) in [5.41, 5.74) is 13.5. The first-order valence-corrected chi connectivity index (χ1v) is 21.5. The third-order valence-electron chi connectivity index (χ3n) is 12.1. The molecule has 3 heterocycles. The van der Waals surface area contributed by atoms with Crippen molar-refractivity contribution < 1.29 is 29.9 Å². The van der Waals surface area contributed by atoms with E-state index in [1.165, 1.54) is 5.56 Å². The zero-order valence-electron chi connectivity index (χ0n) is 39.3. The van der Waals surface area contributed by atoms with E-state index >= 15 is 0 Å². The summed E-state index contributed by atoms with van der Waals surface area (Å²) in [7, 11) is 0. The Morgan fingerprint density at radius 2 is 1.23 bits per heavy atom. The number of hydrogen-bond acceptors (Lipinski definition) is 4. The summed E-state index contributed by atoms with van der Waals surface area (Å²) in [5.74, 6) is 1.10. The molecule has 65 heavy (non-hydrogen) atoms. The number of ether oxygens (including phenoxy) is 1. The Labute approximate surface area is 399 Å². The van der Waals surface area contributed by atoms with Gasteiger partial charge in [-0.25, -0.2) is 4.98 Å². The molecule has 0 radical (unpaired) electrons. The minimum atomic E-state index is -0.272. The van der Waals surface area contributed by atoms with Gasteiger partial charge in [0, 0.05) is 79.4 Å². The molecule has 0 atom stereocenters. The van der Waals surface area contributed by atoms with Crippen molar-refractivity contribution in [2.24, 2.45) is 0 Å². The molecule has 0 unspecified atom stereocenters. The van der Waals surface area contributed by atoms with Gasteiger partial charge in [-0.1, -0.05) is 160 Å². The van der Waals surface area contributed by atoms with Crippen LogP contribution in [0.15, 0.2) is 194 Å². The zero-order valence-corrected chi connectivity index (χ0v) is 38.6.